The number of rotatable bonds is 4. The van der Waals surface area contributed by atoms with Gasteiger partial charge < -0.3 is 16.4 Å². The van der Waals surface area contributed by atoms with Crippen LogP contribution in [0.15, 0.2) is 24.3 Å². The van der Waals surface area contributed by atoms with Gasteiger partial charge in [0.1, 0.15) is 0 Å². The van der Waals surface area contributed by atoms with Crippen LogP contribution in [-0.4, -0.2) is 17.9 Å². The molecule has 0 heterocycles. The van der Waals surface area contributed by atoms with Gasteiger partial charge in [-0.15, -0.1) is 0 Å². The average Bonchev–Trinajstić information content (AvgIpc) is 2.29. The third-order valence-electron chi connectivity index (χ3n) is 2.49. The van der Waals surface area contributed by atoms with E-state index >= 15 is 0 Å². The summed E-state index contributed by atoms with van der Waals surface area (Å²) in [5.41, 5.74) is 7.08. The molecule has 2 amide bonds. The van der Waals surface area contributed by atoms with E-state index in [1.807, 2.05) is 13.8 Å². The molecule has 5 nitrogen and oxygen atoms in total. The number of hydrogen-bond donors (Lipinski definition) is 3. The number of hydrogen-bond acceptors (Lipinski definition) is 3. The molecular weight excluding hydrogens is 230 g/mol. The summed E-state index contributed by atoms with van der Waals surface area (Å²) < 4.78 is 0. The quantitative estimate of drug-likeness (QED) is 0.757. The van der Waals surface area contributed by atoms with Gasteiger partial charge in [-0.2, -0.15) is 0 Å². The highest BCUT2D eigenvalue weighted by atomic mass is 16.2. The number of carbonyl (C=O) groups excluding carboxylic acids is 2. The van der Waals surface area contributed by atoms with Crippen LogP contribution in [0.3, 0.4) is 0 Å². The highest BCUT2D eigenvalue weighted by Crippen LogP contribution is 2.14. The molecular formula is C13H19N3O2. The molecule has 1 atom stereocenters. The second-order valence-corrected chi connectivity index (χ2v) is 4.52. The van der Waals surface area contributed by atoms with E-state index in [4.69, 9.17) is 5.73 Å². The highest BCUT2D eigenvalue weighted by molar-refractivity contribution is 5.95. The lowest BCUT2D eigenvalue weighted by atomic mass is 10.0. The monoisotopic (exact) mass is 249 g/mol. The van der Waals surface area contributed by atoms with Crippen molar-refractivity contribution < 1.29 is 9.59 Å². The fourth-order valence-corrected chi connectivity index (χ4v) is 1.37. The molecule has 0 radical (unpaired) electrons. The van der Waals surface area contributed by atoms with Gasteiger partial charge in [-0.3, -0.25) is 9.59 Å². The minimum atomic E-state index is -0.528. The van der Waals surface area contributed by atoms with Crippen LogP contribution in [0.25, 0.3) is 0 Å². The van der Waals surface area contributed by atoms with Crippen LogP contribution in [0.2, 0.25) is 0 Å². The van der Waals surface area contributed by atoms with Crippen LogP contribution in [0, 0.1) is 5.92 Å². The Kier molecular flexibility index (Phi) is 4.85. The smallest absolute Gasteiger partial charge is 0.241 e. The lowest BCUT2D eigenvalue weighted by Crippen LogP contribution is -2.39. The van der Waals surface area contributed by atoms with E-state index < -0.39 is 6.04 Å². The molecule has 0 bridgehead atoms. The zero-order chi connectivity index (χ0) is 13.7. The van der Waals surface area contributed by atoms with Crippen molar-refractivity contribution in [3.05, 3.63) is 24.3 Å². The fraction of sp³-hybridized carbons (Fsp3) is 0.385. The number of nitrogens with two attached hydrogens (primary N) is 1. The van der Waals surface area contributed by atoms with Crippen LogP contribution in [-0.2, 0) is 9.59 Å². The van der Waals surface area contributed by atoms with Gasteiger partial charge in [0.15, 0.2) is 0 Å². The van der Waals surface area contributed by atoms with E-state index in [0.717, 1.165) is 0 Å². The molecule has 0 aliphatic heterocycles. The van der Waals surface area contributed by atoms with E-state index in [-0.39, 0.29) is 17.7 Å². The molecule has 1 rings (SSSR count). The van der Waals surface area contributed by atoms with E-state index in [2.05, 4.69) is 10.6 Å². The van der Waals surface area contributed by atoms with E-state index in [1.54, 1.807) is 24.3 Å². The number of amides is 2. The standard InChI is InChI=1S/C13H19N3O2/c1-8(2)12(14)13(18)16-11-6-4-10(5-7-11)15-9(3)17/h4-8,12H,14H2,1-3H3,(H,15,17)(H,16,18)/t12-/m1/s1. The first-order valence-corrected chi connectivity index (χ1v) is 5.84. The van der Waals surface area contributed by atoms with Crippen LogP contribution in [0.4, 0.5) is 11.4 Å². The van der Waals surface area contributed by atoms with Crippen LogP contribution in [0.1, 0.15) is 20.8 Å². The maximum atomic E-state index is 11.7. The first-order chi connectivity index (χ1) is 8.40. The third-order valence-corrected chi connectivity index (χ3v) is 2.49. The minimum Gasteiger partial charge on any atom is -0.326 e. The molecule has 18 heavy (non-hydrogen) atoms. The summed E-state index contributed by atoms with van der Waals surface area (Å²) in [5.74, 6) is -0.255. The Hall–Kier alpha value is -1.88. The Labute approximate surface area is 107 Å². The van der Waals surface area contributed by atoms with Crippen molar-refractivity contribution in [3.8, 4) is 0 Å². The van der Waals surface area contributed by atoms with E-state index in [0.29, 0.717) is 11.4 Å². The maximum Gasteiger partial charge on any atom is 0.241 e. The normalized spacial score (nSPS) is 12.1. The number of anilines is 2. The second-order valence-electron chi connectivity index (χ2n) is 4.52. The Morgan fingerprint density at radius 2 is 1.50 bits per heavy atom. The molecule has 4 N–H and O–H groups in total. The molecule has 0 spiro atoms. The summed E-state index contributed by atoms with van der Waals surface area (Å²) in [5, 5.41) is 5.38. The zero-order valence-corrected chi connectivity index (χ0v) is 10.9. The molecule has 1 aromatic carbocycles. The predicted octanol–water partition coefficient (Wildman–Crippen LogP) is 1.57. The molecule has 5 heteroatoms. The second kappa shape index (κ2) is 6.16. The van der Waals surface area contributed by atoms with Gasteiger partial charge in [0, 0.05) is 18.3 Å². The molecule has 0 saturated carbocycles. The predicted molar refractivity (Wildman–Crippen MR) is 72.2 cm³/mol. The summed E-state index contributed by atoms with van der Waals surface area (Å²) in [6.07, 6.45) is 0. The molecule has 0 fully saturated rings. The SMILES string of the molecule is CC(=O)Nc1ccc(NC(=O)[C@H](N)C(C)C)cc1. The van der Waals surface area contributed by atoms with Gasteiger partial charge in [-0.1, -0.05) is 13.8 Å². The zero-order valence-electron chi connectivity index (χ0n) is 10.9. The molecule has 0 saturated heterocycles. The molecule has 1 aromatic rings. The van der Waals surface area contributed by atoms with Crippen molar-refractivity contribution in [2.45, 2.75) is 26.8 Å². The van der Waals surface area contributed by atoms with Crippen molar-refractivity contribution in [3.63, 3.8) is 0 Å². The fourth-order valence-electron chi connectivity index (χ4n) is 1.37. The molecule has 0 unspecified atom stereocenters. The van der Waals surface area contributed by atoms with Crippen molar-refractivity contribution in [2.75, 3.05) is 10.6 Å². The average molecular weight is 249 g/mol. The highest BCUT2D eigenvalue weighted by Gasteiger charge is 2.16. The van der Waals surface area contributed by atoms with Gasteiger partial charge in [0.05, 0.1) is 6.04 Å². The van der Waals surface area contributed by atoms with Crippen LogP contribution < -0.4 is 16.4 Å². The first-order valence-electron chi connectivity index (χ1n) is 5.84. The number of carbonyl (C=O) groups is 2. The van der Waals surface area contributed by atoms with Crippen molar-refractivity contribution in [1.29, 1.82) is 0 Å². The van der Waals surface area contributed by atoms with Gasteiger partial charge in [0.25, 0.3) is 0 Å². The van der Waals surface area contributed by atoms with Gasteiger partial charge >= 0.3 is 0 Å². The third kappa shape index (κ3) is 4.18. The summed E-state index contributed by atoms with van der Waals surface area (Å²) in [7, 11) is 0. The Balaban J connectivity index is 2.63. The van der Waals surface area contributed by atoms with Crippen molar-refractivity contribution >= 4 is 23.2 Å². The molecule has 0 aromatic heterocycles. The topological polar surface area (TPSA) is 84.2 Å². The van der Waals surface area contributed by atoms with Crippen LogP contribution >= 0.6 is 0 Å². The van der Waals surface area contributed by atoms with Crippen molar-refractivity contribution in [1.82, 2.24) is 0 Å². The Morgan fingerprint density at radius 1 is 1.06 bits per heavy atom. The number of nitrogens with one attached hydrogen (secondary N) is 2. The summed E-state index contributed by atoms with van der Waals surface area (Å²) in [6, 6.07) is 6.35. The van der Waals surface area contributed by atoms with Gasteiger partial charge in [0.2, 0.25) is 11.8 Å². The Morgan fingerprint density at radius 3 is 1.89 bits per heavy atom. The van der Waals surface area contributed by atoms with Gasteiger partial charge in [-0.25, -0.2) is 0 Å². The first kappa shape index (κ1) is 14.2. The van der Waals surface area contributed by atoms with Gasteiger partial charge in [-0.05, 0) is 30.2 Å². The van der Waals surface area contributed by atoms with Crippen molar-refractivity contribution in [2.24, 2.45) is 11.7 Å². The molecule has 98 valence electrons. The largest absolute Gasteiger partial charge is 0.326 e. The minimum absolute atomic E-state index is 0.0867. The molecule has 0 aliphatic rings. The molecule has 0 aliphatic carbocycles. The number of benzene rings is 1. The van der Waals surface area contributed by atoms with E-state index in [1.165, 1.54) is 6.92 Å². The Bertz CT molecular complexity index is 426. The summed E-state index contributed by atoms with van der Waals surface area (Å²) in [4.78, 5) is 22.6. The lowest BCUT2D eigenvalue weighted by Gasteiger charge is -2.15. The van der Waals surface area contributed by atoms with E-state index in [9.17, 15) is 9.59 Å². The lowest BCUT2D eigenvalue weighted by molar-refractivity contribution is -0.118. The summed E-state index contributed by atoms with van der Waals surface area (Å²) in [6.45, 7) is 5.23. The maximum absolute atomic E-state index is 11.7. The van der Waals surface area contributed by atoms with Crippen LogP contribution in [0.5, 0.6) is 0 Å². The summed E-state index contributed by atoms with van der Waals surface area (Å²) >= 11 is 0.